The minimum Gasteiger partial charge on any atom is -0.300 e. The number of fused-ring (bicyclic) bond motifs is 1. The lowest BCUT2D eigenvalue weighted by atomic mass is 10.00. The number of nitrogens with one attached hydrogen (secondary N) is 1. The second-order valence-corrected chi connectivity index (χ2v) is 6.87. The highest BCUT2D eigenvalue weighted by atomic mass is 35.5. The fraction of sp³-hybridized carbons (Fsp3) is 0.312. The summed E-state index contributed by atoms with van der Waals surface area (Å²) in [4.78, 5) is 21.1. The van der Waals surface area contributed by atoms with E-state index in [9.17, 15) is 4.79 Å². The zero-order valence-electron chi connectivity index (χ0n) is 12.9. The summed E-state index contributed by atoms with van der Waals surface area (Å²) in [6.45, 7) is 4.72. The molecule has 0 bridgehead atoms. The highest BCUT2D eigenvalue weighted by molar-refractivity contribution is 7.09. The quantitative estimate of drug-likeness (QED) is 0.769. The molecule has 0 aliphatic heterocycles. The van der Waals surface area contributed by atoms with Gasteiger partial charge in [-0.25, -0.2) is 9.97 Å². The lowest BCUT2D eigenvalue weighted by Crippen LogP contribution is -2.38. The van der Waals surface area contributed by atoms with Crippen molar-refractivity contribution in [2.24, 2.45) is 0 Å². The van der Waals surface area contributed by atoms with Crippen LogP contribution in [0.15, 0.2) is 40.8 Å². The zero-order valence-corrected chi connectivity index (χ0v) is 14.5. The van der Waals surface area contributed by atoms with E-state index >= 15 is 0 Å². The molecule has 0 aliphatic rings. The van der Waals surface area contributed by atoms with Crippen LogP contribution in [0.1, 0.15) is 31.0 Å². The average molecular weight is 349 g/mol. The Morgan fingerprint density at radius 3 is 2.96 bits per heavy atom. The molecule has 0 aromatic carbocycles. The number of thiazole rings is 1. The zero-order chi connectivity index (χ0) is 16.4. The molecule has 0 radical (unpaired) electrons. The molecule has 7 heteroatoms. The Morgan fingerprint density at radius 2 is 2.26 bits per heavy atom. The largest absolute Gasteiger partial charge is 0.300 e. The van der Waals surface area contributed by atoms with Crippen LogP contribution in [-0.2, 0) is 12.1 Å². The number of hydrogen-bond donors (Lipinski definition) is 1. The number of halogens is 1. The Bertz CT molecular complexity index is 877. The molecule has 120 valence electrons. The van der Waals surface area contributed by atoms with Crippen molar-refractivity contribution in [1.29, 1.82) is 0 Å². The summed E-state index contributed by atoms with van der Waals surface area (Å²) in [7, 11) is 0. The van der Waals surface area contributed by atoms with E-state index in [0.29, 0.717) is 22.9 Å². The van der Waals surface area contributed by atoms with Gasteiger partial charge in [-0.3, -0.25) is 14.5 Å². The Kier molecular flexibility index (Phi) is 4.48. The maximum atomic E-state index is 12.2. The lowest BCUT2D eigenvalue weighted by molar-refractivity contribution is 0.347. The van der Waals surface area contributed by atoms with Gasteiger partial charge in [-0.1, -0.05) is 18.5 Å². The summed E-state index contributed by atoms with van der Waals surface area (Å²) in [5.74, 6) is 0. The number of pyridine rings is 1. The Morgan fingerprint density at radius 1 is 1.43 bits per heavy atom. The third-order valence-corrected chi connectivity index (χ3v) is 5.21. The predicted molar refractivity (Wildman–Crippen MR) is 93.1 cm³/mol. The van der Waals surface area contributed by atoms with Gasteiger partial charge in [0.25, 0.3) is 5.56 Å². The molecular weight excluding hydrogens is 332 g/mol. The number of aromatic nitrogens is 3. The number of hydrogen-bond acceptors (Lipinski definition) is 5. The summed E-state index contributed by atoms with van der Waals surface area (Å²) < 4.78 is 1.45. The number of nitrogens with zero attached hydrogens (tertiary/aromatic N) is 3. The van der Waals surface area contributed by atoms with E-state index in [-0.39, 0.29) is 11.1 Å². The minimum absolute atomic E-state index is 0.137. The van der Waals surface area contributed by atoms with Gasteiger partial charge in [0.05, 0.1) is 16.3 Å². The van der Waals surface area contributed by atoms with Crippen LogP contribution in [-0.4, -0.2) is 14.4 Å². The van der Waals surface area contributed by atoms with Crippen LogP contribution in [0.2, 0.25) is 5.02 Å². The molecule has 0 aliphatic carbocycles. The van der Waals surface area contributed by atoms with Crippen LogP contribution >= 0.6 is 22.9 Å². The van der Waals surface area contributed by atoms with Gasteiger partial charge in [0.1, 0.15) is 10.7 Å². The fourth-order valence-electron chi connectivity index (χ4n) is 2.35. The molecule has 3 aromatic rings. The van der Waals surface area contributed by atoms with E-state index in [4.69, 9.17) is 11.6 Å². The van der Waals surface area contributed by atoms with E-state index in [2.05, 4.69) is 29.1 Å². The van der Waals surface area contributed by atoms with Gasteiger partial charge in [-0.05, 0) is 25.5 Å². The molecule has 0 spiro atoms. The molecular formula is C16H17ClN4OS. The normalized spacial score (nSPS) is 14.0. The van der Waals surface area contributed by atoms with Gasteiger partial charge in [-0.15, -0.1) is 11.3 Å². The van der Waals surface area contributed by atoms with Crippen LogP contribution in [0.5, 0.6) is 0 Å². The summed E-state index contributed by atoms with van der Waals surface area (Å²) in [5, 5.41) is 6.99. The number of rotatable bonds is 5. The van der Waals surface area contributed by atoms with Crippen molar-refractivity contribution in [2.45, 2.75) is 32.4 Å². The maximum Gasteiger partial charge on any atom is 0.258 e. The monoisotopic (exact) mass is 348 g/mol. The maximum absolute atomic E-state index is 12.2. The van der Waals surface area contributed by atoms with Crippen LogP contribution < -0.4 is 10.9 Å². The van der Waals surface area contributed by atoms with Gasteiger partial charge in [0.15, 0.2) is 0 Å². The first-order chi connectivity index (χ1) is 11.0. The SMILES string of the molecule is CC[C@](C)(NCc1cc(=O)n2cc(Cl)ccc2n1)c1nccs1. The Labute approximate surface area is 143 Å². The molecule has 0 saturated carbocycles. The average Bonchev–Trinajstić information content (AvgIpc) is 3.08. The van der Waals surface area contributed by atoms with Crippen LogP contribution in [0.4, 0.5) is 0 Å². The molecule has 0 saturated heterocycles. The second kappa shape index (κ2) is 6.39. The van der Waals surface area contributed by atoms with Crippen molar-refractivity contribution in [2.75, 3.05) is 0 Å². The van der Waals surface area contributed by atoms with Gasteiger partial charge < -0.3 is 0 Å². The van der Waals surface area contributed by atoms with Crippen molar-refractivity contribution in [3.05, 3.63) is 62.1 Å². The van der Waals surface area contributed by atoms with E-state index in [1.807, 2.05) is 5.38 Å². The lowest BCUT2D eigenvalue weighted by Gasteiger charge is -2.27. The van der Waals surface area contributed by atoms with E-state index < -0.39 is 0 Å². The standard InChI is InChI=1S/C16H17ClN4OS/c1-3-16(2,15-18-6-7-23-15)19-9-12-8-14(22)21-10-11(17)4-5-13(21)20-12/h4-8,10,19H,3,9H2,1-2H3/t16-/m0/s1. The summed E-state index contributed by atoms with van der Waals surface area (Å²) in [5.41, 5.74) is 0.919. The van der Waals surface area contributed by atoms with Crippen LogP contribution in [0, 0.1) is 0 Å². The van der Waals surface area contributed by atoms with E-state index in [0.717, 1.165) is 11.4 Å². The molecule has 3 aromatic heterocycles. The van der Waals surface area contributed by atoms with E-state index in [1.54, 1.807) is 35.9 Å². The first kappa shape index (κ1) is 16.1. The van der Waals surface area contributed by atoms with Crippen molar-refractivity contribution in [3.8, 4) is 0 Å². The summed E-state index contributed by atoms with van der Waals surface area (Å²) >= 11 is 7.54. The highest BCUT2D eigenvalue weighted by Gasteiger charge is 2.26. The molecule has 5 nitrogen and oxygen atoms in total. The van der Waals surface area contributed by atoms with Gasteiger partial charge in [0.2, 0.25) is 0 Å². The Hall–Kier alpha value is -1.76. The third kappa shape index (κ3) is 3.29. The van der Waals surface area contributed by atoms with Crippen molar-refractivity contribution in [3.63, 3.8) is 0 Å². The molecule has 0 amide bonds. The van der Waals surface area contributed by atoms with Gasteiger partial charge in [0, 0.05) is 30.4 Å². The van der Waals surface area contributed by atoms with Crippen molar-refractivity contribution >= 4 is 28.6 Å². The van der Waals surface area contributed by atoms with Crippen LogP contribution in [0.25, 0.3) is 5.65 Å². The minimum atomic E-state index is -0.235. The highest BCUT2D eigenvalue weighted by Crippen LogP contribution is 2.26. The summed E-state index contributed by atoms with van der Waals surface area (Å²) in [6, 6.07) is 5.01. The third-order valence-electron chi connectivity index (χ3n) is 3.95. The molecule has 23 heavy (non-hydrogen) atoms. The molecule has 3 rings (SSSR count). The van der Waals surface area contributed by atoms with Crippen LogP contribution in [0.3, 0.4) is 0 Å². The molecule has 0 unspecified atom stereocenters. The topological polar surface area (TPSA) is 59.3 Å². The first-order valence-corrected chi connectivity index (χ1v) is 8.60. The first-order valence-electron chi connectivity index (χ1n) is 7.35. The summed E-state index contributed by atoms with van der Waals surface area (Å²) in [6.07, 6.45) is 4.28. The van der Waals surface area contributed by atoms with Crippen molar-refractivity contribution in [1.82, 2.24) is 19.7 Å². The van der Waals surface area contributed by atoms with E-state index in [1.165, 1.54) is 10.5 Å². The molecule has 1 N–H and O–H groups in total. The van der Waals surface area contributed by atoms with Gasteiger partial charge in [-0.2, -0.15) is 0 Å². The predicted octanol–water partition coefficient (Wildman–Crippen LogP) is 3.22. The molecule has 3 heterocycles. The van der Waals surface area contributed by atoms with Gasteiger partial charge >= 0.3 is 0 Å². The second-order valence-electron chi connectivity index (χ2n) is 5.54. The molecule has 0 fully saturated rings. The van der Waals surface area contributed by atoms with Crippen molar-refractivity contribution < 1.29 is 0 Å². The Balaban J connectivity index is 1.87. The smallest absolute Gasteiger partial charge is 0.258 e. The fourth-order valence-corrected chi connectivity index (χ4v) is 3.36. The molecule has 1 atom stereocenters.